The van der Waals surface area contributed by atoms with E-state index in [0.29, 0.717) is 6.42 Å². The normalized spacial score (nSPS) is 19.1. The van der Waals surface area contributed by atoms with Gasteiger partial charge in [-0.15, -0.1) is 0 Å². The molecule has 0 bridgehead atoms. The average Bonchev–Trinajstić information content (AvgIpc) is 2.73. The van der Waals surface area contributed by atoms with Crippen LogP contribution >= 0.6 is 11.8 Å². The molecule has 1 aliphatic rings. The van der Waals surface area contributed by atoms with Gasteiger partial charge < -0.3 is 4.74 Å². The third kappa shape index (κ3) is 6.72. The van der Waals surface area contributed by atoms with Gasteiger partial charge in [0.15, 0.2) is 0 Å². The van der Waals surface area contributed by atoms with Gasteiger partial charge >= 0.3 is 6.09 Å². The molecule has 0 aliphatic carbocycles. The van der Waals surface area contributed by atoms with Crippen LogP contribution in [0, 0.1) is 0 Å². The smallest absolute Gasteiger partial charge is 0.417 e. The number of unbranched alkanes of at least 4 members (excludes halogenated alkanes) is 3. The molecule has 21 heavy (non-hydrogen) atoms. The van der Waals surface area contributed by atoms with Gasteiger partial charge in [-0.1, -0.05) is 26.2 Å². The maximum absolute atomic E-state index is 12.1. The Labute approximate surface area is 133 Å². The van der Waals surface area contributed by atoms with E-state index in [2.05, 4.69) is 6.92 Å². The molecule has 0 N–H and O–H groups in total. The molecule has 122 valence electrons. The number of hydrogen-bond donors (Lipinski definition) is 0. The molecular weight excluding hydrogens is 286 g/mol. The molecule has 0 saturated carbocycles. The molecule has 0 radical (unpaired) electrons. The van der Waals surface area contributed by atoms with Crippen molar-refractivity contribution in [3.05, 3.63) is 0 Å². The lowest BCUT2D eigenvalue weighted by atomic mass is 10.2. The summed E-state index contributed by atoms with van der Waals surface area (Å²) in [6.07, 6.45) is 5.75. The molecule has 2 amide bonds. The third-order valence-electron chi connectivity index (χ3n) is 3.37. The van der Waals surface area contributed by atoms with E-state index < -0.39 is 11.7 Å². The van der Waals surface area contributed by atoms with Gasteiger partial charge in [0.2, 0.25) is 5.91 Å². The molecule has 1 aliphatic heterocycles. The first-order valence-corrected chi connectivity index (χ1v) is 9.13. The molecule has 4 nitrogen and oxygen atoms in total. The van der Waals surface area contributed by atoms with Crippen LogP contribution in [0.25, 0.3) is 0 Å². The Morgan fingerprint density at radius 1 is 1.33 bits per heavy atom. The average molecular weight is 315 g/mol. The van der Waals surface area contributed by atoms with E-state index in [-0.39, 0.29) is 11.9 Å². The molecule has 1 unspecified atom stereocenters. The Balaban J connectivity index is 2.38. The summed E-state index contributed by atoms with van der Waals surface area (Å²) in [5.74, 6) is 1.84. The number of ether oxygens (including phenoxy) is 1. The van der Waals surface area contributed by atoms with Gasteiger partial charge in [-0.3, -0.25) is 4.79 Å². The Kier molecular flexibility index (Phi) is 7.57. The van der Waals surface area contributed by atoms with Crippen molar-refractivity contribution in [2.75, 3.05) is 11.5 Å². The monoisotopic (exact) mass is 315 g/mol. The molecule has 1 atom stereocenters. The summed E-state index contributed by atoms with van der Waals surface area (Å²) in [4.78, 5) is 25.4. The van der Waals surface area contributed by atoms with Crippen LogP contribution in [0.5, 0.6) is 0 Å². The standard InChI is InChI=1S/C16H29NO3S/c1-5-6-7-8-11-21-12-13-9-10-14(18)17(13)15(19)20-16(2,3)4/h13H,5-12H2,1-4H3. The Morgan fingerprint density at radius 2 is 2.05 bits per heavy atom. The fourth-order valence-electron chi connectivity index (χ4n) is 2.31. The summed E-state index contributed by atoms with van der Waals surface area (Å²) in [6, 6.07) is 0.00326. The zero-order valence-electron chi connectivity index (χ0n) is 13.8. The summed E-state index contributed by atoms with van der Waals surface area (Å²) < 4.78 is 5.34. The minimum atomic E-state index is -0.558. The number of nitrogens with zero attached hydrogens (tertiary/aromatic N) is 1. The third-order valence-corrected chi connectivity index (χ3v) is 4.57. The maximum Gasteiger partial charge on any atom is 0.417 e. The first-order valence-electron chi connectivity index (χ1n) is 7.98. The minimum absolute atomic E-state index is 0.00326. The lowest BCUT2D eigenvalue weighted by Crippen LogP contribution is -2.43. The van der Waals surface area contributed by atoms with Crippen LogP contribution in [0.3, 0.4) is 0 Å². The van der Waals surface area contributed by atoms with E-state index in [0.717, 1.165) is 17.9 Å². The van der Waals surface area contributed by atoms with Crippen molar-refractivity contribution in [2.45, 2.75) is 77.9 Å². The van der Waals surface area contributed by atoms with Crippen LogP contribution in [0.1, 0.15) is 66.2 Å². The van der Waals surface area contributed by atoms with Crippen LogP contribution in [0.15, 0.2) is 0 Å². The fraction of sp³-hybridized carbons (Fsp3) is 0.875. The van der Waals surface area contributed by atoms with Gasteiger partial charge in [0.25, 0.3) is 0 Å². The second kappa shape index (κ2) is 8.66. The van der Waals surface area contributed by atoms with Gasteiger partial charge in [0, 0.05) is 12.2 Å². The van der Waals surface area contributed by atoms with Gasteiger partial charge in [0.1, 0.15) is 5.60 Å². The van der Waals surface area contributed by atoms with Gasteiger partial charge in [-0.05, 0) is 39.4 Å². The highest BCUT2D eigenvalue weighted by Crippen LogP contribution is 2.25. The number of carbonyl (C=O) groups excluding carboxylic acids is 2. The summed E-state index contributed by atoms with van der Waals surface area (Å²) >= 11 is 1.84. The molecule has 1 saturated heterocycles. The maximum atomic E-state index is 12.1. The summed E-state index contributed by atoms with van der Waals surface area (Å²) in [6.45, 7) is 7.67. The highest BCUT2D eigenvalue weighted by molar-refractivity contribution is 7.99. The number of likely N-dealkylation sites (tertiary alicyclic amines) is 1. The van der Waals surface area contributed by atoms with Crippen molar-refractivity contribution in [1.82, 2.24) is 4.90 Å². The second-order valence-electron chi connectivity index (χ2n) is 6.57. The predicted octanol–water partition coefficient (Wildman–Crippen LogP) is 4.23. The first-order chi connectivity index (χ1) is 9.85. The van der Waals surface area contributed by atoms with Gasteiger partial charge in [-0.25, -0.2) is 9.69 Å². The van der Waals surface area contributed by atoms with Crippen molar-refractivity contribution >= 4 is 23.8 Å². The Bertz CT molecular complexity index is 352. The molecular formula is C16H29NO3S. The van der Waals surface area contributed by atoms with Crippen molar-refractivity contribution in [3.63, 3.8) is 0 Å². The number of thioether (sulfide) groups is 1. The van der Waals surface area contributed by atoms with Crippen molar-refractivity contribution < 1.29 is 14.3 Å². The molecule has 0 spiro atoms. The summed E-state index contributed by atoms with van der Waals surface area (Å²) in [7, 11) is 0. The molecule has 1 rings (SSSR count). The minimum Gasteiger partial charge on any atom is -0.443 e. The Hall–Kier alpha value is -0.710. The molecule has 1 fully saturated rings. The number of hydrogen-bond acceptors (Lipinski definition) is 4. The van der Waals surface area contributed by atoms with Crippen molar-refractivity contribution in [2.24, 2.45) is 0 Å². The van der Waals surface area contributed by atoms with Crippen molar-refractivity contribution in [1.29, 1.82) is 0 Å². The first kappa shape index (κ1) is 18.3. The number of imide groups is 1. The molecule has 0 aromatic carbocycles. The van der Waals surface area contributed by atoms with Crippen LogP contribution < -0.4 is 0 Å². The van der Waals surface area contributed by atoms with E-state index in [1.54, 1.807) is 0 Å². The number of amides is 2. The molecule has 5 heteroatoms. The van der Waals surface area contributed by atoms with E-state index in [4.69, 9.17) is 4.74 Å². The lowest BCUT2D eigenvalue weighted by molar-refractivity contribution is -0.127. The van der Waals surface area contributed by atoms with E-state index in [1.807, 2.05) is 32.5 Å². The number of rotatable bonds is 7. The van der Waals surface area contributed by atoms with E-state index in [1.165, 1.54) is 30.6 Å². The molecule has 0 aromatic rings. The summed E-state index contributed by atoms with van der Waals surface area (Å²) in [5.41, 5.74) is -0.558. The molecule has 1 heterocycles. The zero-order chi connectivity index (χ0) is 15.9. The second-order valence-corrected chi connectivity index (χ2v) is 7.72. The SMILES string of the molecule is CCCCCCSCC1CCC(=O)N1C(=O)OC(C)(C)C. The van der Waals surface area contributed by atoms with E-state index in [9.17, 15) is 9.59 Å². The molecule has 0 aromatic heterocycles. The highest BCUT2D eigenvalue weighted by Gasteiger charge is 2.38. The van der Waals surface area contributed by atoms with Crippen LogP contribution in [-0.4, -0.2) is 40.0 Å². The van der Waals surface area contributed by atoms with Gasteiger partial charge in [0.05, 0.1) is 6.04 Å². The largest absolute Gasteiger partial charge is 0.443 e. The zero-order valence-corrected chi connectivity index (χ0v) is 14.6. The van der Waals surface area contributed by atoms with Crippen LogP contribution in [0.4, 0.5) is 4.79 Å². The fourth-order valence-corrected chi connectivity index (χ4v) is 3.48. The van der Waals surface area contributed by atoms with Crippen LogP contribution in [0.2, 0.25) is 0 Å². The summed E-state index contributed by atoms with van der Waals surface area (Å²) in [5, 5.41) is 0. The van der Waals surface area contributed by atoms with E-state index >= 15 is 0 Å². The van der Waals surface area contributed by atoms with Gasteiger partial charge in [-0.2, -0.15) is 11.8 Å². The lowest BCUT2D eigenvalue weighted by Gasteiger charge is -2.27. The quantitative estimate of drug-likeness (QED) is 0.660. The van der Waals surface area contributed by atoms with Crippen molar-refractivity contribution in [3.8, 4) is 0 Å². The Morgan fingerprint density at radius 3 is 2.67 bits per heavy atom. The predicted molar refractivity (Wildman–Crippen MR) is 87.6 cm³/mol. The number of carbonyl (C=O) groups is 2. The highest BCUT2D eigenvalue weighted by atomic mass is 32.2. The van der Waals surface area contributed by atoms with Crippen LogP contribution in [-0.2, 0) is 9.53 Å². The topological polar surface area (TPSA) is 46.6 Å².